The Balaban J connectivity index is 4.25. The minimum Gasteiger partial charge on any atom is -0.331 e. The van der Waals surface area contributed by atoms with Crippen molar-refractivity contribution in [1.29, 1.82) is 0 Å². The Labute approximate surface area is 128 Å². The molecule has 0 amide bonds. The Morgan fingerprint density at radius 2 is 1.30 bits per heavy atom. The first kappa shape index (κ1) is 20.3. The highest BCUT2D eigenvalue weighted by Gasteiger charge is 2.39. The Morgan fingerprint density at radius 3 is 1.80 bits per heavy atom. The van der Waals surface area contributed by atoms with Crippen molar-refractivity contribution >= 4 is 9.24 Å². The fourth-order valence-corrected chi connectivity index (χ4v) is 3.02. The van der Waals surface area contributed by atoms with Crippen LogP contribution in [0.1, 0.15) is 64.7 Å². The third-order valence-electron chi connectivity index (χ3n) is 4.02. The highest BCUT2D eigenvalue weighted by atomic mass is 31.0. The van der Waals surface area contributed by atoms with Crippen LogP contribution in [-0.4, -0.2) is 33.5 Å². The van der Waals surface area contributed by atoms with Crippen LogP contribution in [0.4, 0.5) is 0 Å². The number of methoxy groups -OCH3 is 3. The fourth-order valence-electron chi connectivity index (χ4n) is 2.78. The summed E-state index contributed by atoms with van der Waals surface area (Å²) in [6.07, 6.45) is 12.3. The molecule has 0 spiro atoms. The number of hydrogen-bond acceptors (Lipinski definition) is 3. The van der Waals surface area contributed by atoms with E-state index < -0.39 is 5.97 Å². The summed E-state index contributed by atoms with van der Waals surface area (Å²) in [5.74, 6) is -0.572. The second-order valence-corrected chi connectivity index (χ2v) is 5.98. The lowest BCUT2D eigenvalue weighted by Crippen LogP contribution is -2.44. The zero-order valence-electron chi connectivity index (χ0n) is 14.0. The smallest absolute Gasteiger partial charge is 0.285 e. The van der Waals surface area contributed by atoms with E-state index in [-0.39, 0.29) is 0 Å². The average Bonchev–Trinajstić information content (AvgIpc) is 2.49. The molecule has 2 unspecified atom stereocenters. The second-order valence-electron chi connectivity index (χ2n) is 5.40. The van der Waals surface area contributed by atoms with E-state index in [1.165, 1.54) is 38.5 Å². The number of hydrogen-bond donors (Lipinski definition) is 0. The third kappa shape index (κ3) is 7.36. The predicted octanol–water partition coefficient (Wildman–Crippen LogP) is 4.60. The first-order valence-electron chi connectivity index (χ1n) is 8.06. The largest absolute Gasteiger partial charge is 0.331 e. The first-order chi connectivity index (χ1) is 9.70. The van der Waals surface area contributed by atoms with E-state index >= 15 is 0 Å². The van der Waals surface area contributed by atoms with Gasteiger partial charge in [0, 0.05) is 27.2 Å². The monoisotopic (exact) mass is 306 g/mol. The highest BCUT2D eigenvalue weighted by molar-refractivity contribution is 7.16. The van der Waals surface area contributed by atoms with Crippen molar-refractivity contribution in [2.75, 3.05) is 27.5 Å². The average molecular weight is 306 g/mol. The maximum absolute atomic E-state index is 5.54. The molecule has 0 aliphatic carbocycles. The van der Waals surface area contributed by atoms with E-state index in [1.807, 2.05) is 0 Å². The molecule has 0 aromatic rings. The molecule has 0 bridgehead atoms. The SMILES string of the molecule is CCCCCCCCC(CCCP)C(OC)(OC)OC. The van der Waals surface area contributed by atoms with Gasteiger partial charge in [-0.1, -0.05) is 45.4 Å². The zero-order valence-corrected chi connectivity index (χ0v) is 15.1. The van der Waals surface area contributed by atoms with Crippen LogP contribution in [0.15, 0.2) is 0 Å². The van der Waals surface area contributed by atoms with E-state index in [0.717, 1.165) is 25.4 Å². The normalized spacial score (nSPS) is 13.7. The van der Waals surface area contributed by atoms with Gasteiger partial charge in [-0.25, -0.2) is 0 Å². The van der Waals surface area contributed by atoms with Gasteiger partial charge in [-0.15, -0.1) is 9.24 Å². The molecule has 0 aromatic carbocycles. The zero-order chi connectivity index (χ0) is 15.3. The summed E-state index contributed by atoms with van der Waals surface area (Å²) in [6, 6.07) is 0. The van der Waals surface area contributed by atoms with Crippen molar-refractivity contribution < 1.29 is 14.2 Å². The molecule has 2 atom stereocenters. The standard InChI is InChI=1S/C16H35O3P/c1-5-6-7-8-9-10-12-15(13-11-14-20)16(17-2,18-3)19-4/h15H,5-14,20H2,1-4H3. The molecule has 0 aliphatic rings. The van der Waals surface area contributed by atoms with Crippen LogP contribution in [0.5, 0.6) is 0 Å². The summed E-state index contributed by atoms with van der Waals surface area (Å²) in [6.45, 7) is 2.25. The Bertz CT molecular complexity index is 200. The molecule has 122 valence electrons. The number of unbranched alkanes of at least 4 members (excludes halogenated alkanes) is 5. The van der Waals surface area contributed by atoms with Gasteiger partial charge in [0.05, 0.1) is 0 Å². The minimum absolute atomic E-state index is 0.300. The van der Waals surface area contributed by atoms with Crippen LogP contribution >= 0.6 is 9.24 Å². The molecule has 0 fully saturated rings. The van der Waals surface area contributed by atoms with Gasteiger partial charge >= 0.3 is 0 Å². The number of rotatable bonds is 14. The summed E-state index contributed by atoms with van der Waals surface area (Å²) >= 11 is 0. The molecule has 20 heavy (non-hydrogen) atoms. The van der Waals surface area contributed by atoms with E-state index in [4.69, 9.17) is 14.2 Å². The second kappa shape index (κ2) is 13.0. The molecule has 0 rings (SSSR count). The molecular formula is C16H35O3P. The molecule has 0 N–H and O–H groups in total. The third-order valence-corrected chi connectivity index (χ3v) is 4.42. The van der Waals surface area contributed by atoms with Crippen molar-refractivity contribution in [3.8, 4) is 0 Å². The van der Waals surface area contributed by atoms with Gasteiger partial charge < -0.3 is 14.2 Å². The van der Waals surface area contributed by atoms with Gasteiger partial charge in [0.15, 0.2) is 0 Å². The molecule has 0 saturated carbocycles. The van der Waals surface area contributed by atoms with Gasteiger partial charge in [0.25, 0.3) is 5.97 Å². The van der Waals surface area contributed by atoms with Crippen LogP contribution in [-0.2, 0) is 14.2 Å². The lowest BCUT2D eigenvalue weighted by molar-refractivity contribution is -0.380. The topological polar surface area (TPSA) is 27.7 Å². The van der Waals surface area contributed by atoms with Gasteiger partial charge in [0.2, 0.25) is 0 Å². The molecule has 0 heterocycles. The van der Waals surface area contributed by atoms with Crippen LogP contribution in [0, 0.1) is 5.92 Å². The lowest BCUT2D eigenvalue weighted by Gasteiger charge is -2.36. The Kier molecular flexibility index (Phi) is 13.2. The van der Waals surface area contributed by atoms with Gasteiger partial charge in [-0.3, -0.25) is 0 Å². The minimum atomic E-state index is -0.872. The maximum Gasteiger partial charge on any atom is 0.285 e. The van der Waals surface area contributed by atoms with Gasteiger partial charge in [-0.05, 0) is 25.4 Å². The maximum atomic E-state index is 5.54. The quantitative estimate of drug-likeness (QED) is 0.267. The van der Waals surface area contributed by atoms with Crippen molar-refractivity contribution in [3.63, 3.8) is 0 Å². The summed E-state index contributed by atoms with van der Waals surface area (Å²) in [4.78, 5) is 0. The van der Waals surface area contributed by atoms with E-state index in [0.29, 0.717) is 5.92 Å². The number of ether oxygens (including phenoxy) is 3. The van der Waals surface area contributed by atoms with Crippen LogP contribution in [0.25, 0.3) is 0 Å². The van der Waals surface area contributed by atoms with Crippen LogP contribution < -0.4 is 0 Å². The Hall–Kier alpha value is 0.310. The van der Waals surface area contributed by atoms with E-state index in [2.05, 4.69) is 16.2 Å². The molecule has 4 heteroatoms. The molecule has 0 radical (unpaired) electrons. The lowest BCUT2D eigenvalue weighted by atomic mass is 9.93. The van der Waals surface area contributed by atoms with Crippen LogP contribution in [0.3, 0.4) is 0 Å². The van der Waals surface area contributed by atoms with Crippen molar-refractivity contribution in [2.45, 2.75) is 70.7 Å². The molecule has 0 aromatic heterocycles. The predicted molar refractivity (Wildman–Crippen MR) is 89.1 cm³/mol. The van der Waals surface area contributed by atoms with E-state index in [1.54, 1.807) is 21.3 Å². The summed E-state index contributed by atoms with van der Waals surface area (Å²) < 4.78 is 16.6. The molecule has 0 aliphatic heterocycles. The Morgan fingerprint density at radius 1 is 0.800 bits per heavy atom. The van der Waals surface area contributed by atoms with Crippen molar-refractivity contribution in [3.05, 3.63) is 0 Å². The van der Waals surface area contributed by atoms with E-state index in [9.17, 15) is 0 Å². The van der Waals surface area contributed by atoms with Crippen molar-refractivity contribution in [1.82, 2.24) is 0 Å². The fraction of sp³-hybridized carbons (Fsp3) is 1.00. The highest BCUT2D eigenvalue weighted by Crippen LogP contribution is 2.32. The molecular weight excluding hydrogens is 271 g/mol. The first-order valence-corrected chi connectivity index (χ1v) is 8.87. The van der Waals surface area contributed by atoms with Crippen molar-refractivity contribution in [2.24, 2.45) is 5.92 Å². The summed E-state index contributed by atoms with van der Waals surface area (Å²) in [5, 5.41) is 0. The van der Waals surface area contributed by atoms with Gasteiger partial charge in [0.1, 0.15) is 0 Å². The van der Waals surface area contributed by atoms with Gasteiger partial charge in [-0.2, -0.15) is 0 Å². The van der Waals surface area contributed by atoms with Crippen LogP contribution in [0.2, 0.25) is 0 Å². The molecule has 0 saturated heterocycles. The summed E-state index contributed by atoms with van der Waals surface area (Å²) in [7, 11) is 7.79. The molecule has 3 nitrogen and oxygen atoms in total. The summed E-state index contributed by atoms with van der Waals surface area (Å²) in [5.41, 5.74) is 0.